The van der Waals surface area contributed by atoms with Gasteiger partial charge in [-0.15, -0.1) is 0 Å². The smallest absolute Gasteiger partial charge is 0.274 e. The van der Waals surface area contributed by atoms with Gasteiger partial charge in [0, 0.05) is 11.4 Å². The van der Waals surface area contributed by atoms with E-state index in [2.05, 4.69) is 20.6 Å². The first-order valence-corrected chi connectivity index (χ1v) is 7.73. The maximum absolute atomic E-state index is 12.4. The minimum Gasteiger partial charge on any atom is -0.324 e. The highest BCUT2D eigenvalue weighted by molar-refractivity contribution is 6.33. The summed E-state index contributed by atoms with van der Waals surface area (Å²) in [5.41, 5.74) is 2.34. The fourth-order valence-corrected chi connectivity index (χ4v) is 2.32. The molecule has 0 radical (unpaired) electrons. The third-order valence-corrected chi connectivity index (χ3v) is 3.57. The fourth-order valence-electron chi connectivity index (χ4n) is 2.14. The summed E-state index contributed by atoms with van der Waals surface area (Å²) in [7, 11) is 0. The molecule has 0 fully saturated rings. The number of hydrogen-bond donors (Lipinski definition) is 2. The Morgan fingerprint density at radius 3 is 2.46 bits per heavy atom. The minimum absolute atomic E-state index is 0.265. The number of rotatable bonds is 4. The second kappa shape index (κ2) is 7.10. The molecule has 0 aliphatic carbocycles. The number of halogens is 1. The molecule has 0 spiro atoms. The largest absolute Gasteiger partial charge is 0.324 e. The molecule has 6 heteroatoms. The molecule has 1 aromatic heterocycles. The Hall–Kier alpha value is -2.92. The van der Waals surface area contributed by atoms with Gasteiger partial charge in [-0.05, 0) is 37.3 Å². The summed E-state index contributed by atoms with van der Waals surface area (Å²) in [5.74, 6) is 0.0234. The predicted octanol–water partition coefficient (Wildman–Crippen LogP) is 4.43. The molecule has 3 aromatic rings. The van der Waals surface area contributed by atoms with Crippen LogP contribution in [0.25, 0.3) is 0 Å². The Labute approximate surface area is 144 Å². The van der Waals surface area contributed by atoms with E-state index in [1.54, 1.807) is 30.3 Å². The number of para-hydroxylation sites is 2. The molecule has 0 bridgehead atoms. The third kappa shape index (κ3) is 3.88. The van der Waals surface area contributed by atoms with Gasteiger partial charge in [-0.25, -0.2) is 9.97 Å². The van der Waals surface area contributed by atoms with E-state index in [4.69, 9.17) is 11.6 Å². The number of amides is 1. The van der Waals surface area contributed by atoms with Crippen molar-refractivity contribution in [2.75, 3.05) is 10.6 Å². The normalized spacial score (nSPS) is 10.2. The van der Waals surface area contributed by atoms with Crippen molar-refractivity contribution in [1.29, 1.82) is 0 Å². The molecule has 0 aliphatic rings. The predicted molar refractivity (Wildman–Crippen MR) is 95.9 cm³/mol. The van der Waals surface area contributed by atoms with Crippen LogP contribution in [0.4, 0.5) is 17.3 Å². The zero-order valence-corrected chi connectivity index (χ0v) is 13.7. The van der Waals surface area contributed by atoms with E-state index in [-0.39, 0.29) is 11.6 Å². The number of anilines is 3. The molecule has 2 aromatic carbocycles. The summed E-state index contributed by atoms with van der Waals surface area (Å²) in [6.45, 7) is 1.81. The highest BCUT2D eigenvalue weighted by Gasteiger charge is 2.12. The van der Waals surface area contributed by atoms with Crippen LogP contribution >= 0.6 is 11.6 Å². The molecular formula is C18H15ClN4O. The molecule has 0 atom stereocenters. The Balaban J connectivity index is 1.83. The van der Waals surface area contributed by atoms with Gasteiger partial charge in [0.15, 0.2) is 0 Å². The Kier molecular flexibility index (Phi) is 4.72. The molecule has 0 saturated carbocycles. The lowest BCUT2D eigenvalue weighted by Gasteiger charge is -2.09. The zero-order chi connectivity index (χ0) is 16.9. The highest BCUT2D eigenvalue weighted by Crippen LogP contribution is 2.21. The molecule has 120 valence electrons. The molecule has 3 rings (SSSR count). The molecule has 5 nitrogen and oxygen atoms in total. The summed E-state index contributed by atoms with van der Waals surface area (Å²) in [6, 6.07) is 18.2. The number of carbonyl (C=O) groups excluding carboxylic acids is 1. The Bertz CT molecular complexity index is 868. The van der Waals surface area contributed by atoms with Gasteiger partial charge in [0.05, 0.1) is 10.7 Å². The zero-order valence-electron chi connectivity index (χ0n) is 13.0. The van der Waals surface area contributed by atoms with Crippen molar-refractivity contribution < 1.29 is 4.79 Å². The van der Waals surface area contributed by atoms with Gasteiger partial charge in [0.2, 0.25) is 5.95 Å². The van der Waals surface area contributed by atoms with Gasteiger partial charge in [-0.1, -0.05) is 41.9 Å². The summed E-state index contributed by atoms with van der Waals surface area (Å²) in [5, 5.41) is 6.31. The molecule has 0 saturated heterocycles. The molecule has 0 aliphatic heterocycles. The first kappa shape index (κ1) is 16.0. The number of nitrogens with one attached hydrogen (secondary N) is 2. The fraction of sp³-hybridized carbons (Fsp3) is 0.0556. The first-order valence-electron chi connectivity index (χ1n) is 7.35. The highest BCUT2D eigenvalue weighted by atomic mass is 35.5. The van der Waals surface area contributed by atoms with Gasteiger partial charge < -0.3 is 10.6 Å². The molecule has 0 unspecified atom stereocenters. The van der Waals surface area contributed by atoms with Crippen molar-refractivity contribution in [3.05, 3.63) is 77.1 Å². The number of carbonyl (C=O) groups is 1. The van der Waals surface area contributed by atoms with Crippen molar-refractivity contribution in [2.45, 2.75) is 6.92 Å². The van der Waals surface area contributed by atoms with E-state index < -0.39 is 0 Å². The summed E-state index contributed by atoms with van der Waals surface area (Å²) < 4.78 is 0. The average molecular weight is 339 g/mol. The van der Waals surface area contributed by atoms with E-state index in [1.165, 1.54) is 0 Å². The molecule has 24 heavy (non-hydrogen) atoms. The quantitative estimate of drug-likeness (QED) is 0.738. The van der Waals surface area contributed by atoms with E-state index in [0.29, 0.717) is 22.4 Å². The van der Waals surface area contributed by atoms with Crippen LogP contribution in [0.1, 0.15) is 16.2 Å². The monoisotopic (exact) mass is 338 g/mol. The standard InChI is InChI=1S/C18H15ClN4O/c1-12-11-16(17(24)22-15-10-6-5-9-14(15)19)23-18(20-12)21-13-7-3-2-4-8-13/h2-11H,1H3,(H,22,24)(H,20,21,23). The van der Waals surface area contributed by atoms with Crippen molar-refractivity contribution in [3.63, 3.8) is 0 Å². The lowest BCUT2D eigenvalue weighted by molar-refractivity contribution is 0.102. The second-order valence-corrected chi connectivity index (χ2v) is 5.55. The number of aromatic nitrogens is 2. The summed E-state index contributed by atoms with van der Waals surface area (Å²) in [4.78, 5) is 21.0. The van der Waals surface area contributed by atoms with Crippen molar-refractivity contribution >= 4 is 34.8 Å². The van der Waals surface area contributed by atoms with Gasteiger partial charge in [0.25, 0.3) is 5.91 Å². The third-order valence-electron chi connectivity index (χ3n) is 3.24. The first-order chi connectivity index (χ1) is 11.6. The van der Waals surface area contributed by atoms with Crippen LogP contribution in [0.15, 0.2) is 60.7 Å². The number of hydrogen-bond acceptors (Lipinski definition) is 4. The van der Waals surface area contributed by atoms with Gasteiger partial charge in [-0.3, -0.25) is 4.79 Å². The van der Waals surface area contributed by atoms with Crippen LogP contribution in [-0.2, 0) is 0 Å². The lowest BCUT2D eigenvalue weighted by Crippen LogP contribution is -2.15. The minimum atomic E-state index is -0.343. The van der Waals surface area contributed by atoms with Crippen molar-refractivity contribution in [2.24, 2.45) is 0 Å². The van der Waals surface area contributed by atoms with E-state index in [0.717, 1.165) is 5.69 Å². The Morgan fingerprint density at radius 1 is 1.00 bits per heavy atom. The van der Waals surface area contributed by atoms with E-state index in [1.807, 2.05) is 37.3 Å². The number of nitrogens with zero attached hydrogens (tertiary/aromatic N) is 2. The van der Waals surface area contributed by atoms with Crippen molar-refractivity contribution in [1.82, 2.24) is 9.97 Å². The van der Waals surface area contributed by atoms with Crippen LogP contribution in [0.2, 0.25) is 5.02 Å². The SMILES string of the molecule is Cc1cc(C(=O)Nc2ccccc2Cl)nc(Nc2ccccc2)n1. The second-order valence-electron chi connectivity index (χ2n) is 5.14. The van der Waals surface area contributed by atoms with E-state index >= 15 is 0 Å². The van der Waals surface area contributed by atoms with Crippen LogP contribution in [0, 0.1) is 6.92 Å². The number of benzene rings is 2. The number of aryl methyl sites for hydroxylation is 1. The maximum Gasteiger partial charge on any atom is 0.274 e. The van der Waals surface area contributed by atoms with Crippen LogP contribution in [0.3, 0.4) is 0 Å². The lowest BCUT2D eigenvalue weighted by atomic mass is 10.3. The molecule has 1 amide bonds. The summed E-state index contributed by atoms with van der Waals surface area (Å²) in [6.07, 6.45) is 0. The van der Waals surface area contributed by atoms with Crippen LogP contribution < -0.4 is 10.6 Å². The summed E-state index contributed by atoms with van der Waals surface area (Å²) >= 11 is 6.07. The Morgan fingerprint density at radius 2 is 1.71 bits per heavy atom. The molecule has 1 heterocycles. The van der Waals surface area contributed by atoms with Gasteiger partial charge in [0.1, 0.15) is 5.69 Å². The van der Waals surface area contributed by atoms with E-state index in [9.17, 15) is 4.79 Å². The molecule has 2 N–H and O–H groups in total. The molecular weight excluding hydrogens is 324 g/mol. The van der Waals surface area contributed by atoms with Crippen LogP contribution in [-0.4, -0.2) is 15.9 Å². The van der Waals surface area contributed by atoms with Gasteiger partial charge in [-0.2, -0.15) is 0 Å². The van der Waals surface area contributed by atoms with Crippen LogP contribution in [0.5, 0.6) is 0 Å². The average Bonchev–Trinajstić information content (AvgIpc) is 2.57. The maximum atomic E-state index is 12.4. The van der Waals surface area contributed by atoms with Gasteiger partial charge >= 0.3 is 0 Å². The topological polar surface area (TPSA) is 66.9 Å². The van der Waals surface area contributed by atoms with Crippen molar-refractivity contribution in [3.8, 4) is 0 Å².